The molecule has 0 aliphatic carbocycles. The Morgan fingerprint density at radius 1 is 1.20 bits per heavy atom. The van der Waals surface area contributed by atoms with E-state index in [0.717, 1.165) is 5.52 Å². The molecule has 6 nitrogen and oxygen atoms in total. The molecule has 1 aliphatic rings. The molecule has 3 aromatic heterocycles. The molecule has 0 amide bonds. The number of hydrogen-bond acceptors (Lipinski definition) is 5. The average Bonchev–Trinajstić information content (AvgIpc) is 3.33. The van der Waals surface area contributed by atoms with E-state index in [2.05, 4.69) is 4.98 Å². The molecule has 0 N–H and O–H groups in total. The Hall–Kier alpha value is -3.26. The summed E-state index contributed by atoms with van der Waals surface area (Å²) in [6.45, 7) is 0.814. The number of halogens is 2. The lowest BCUT2D eigenvalue weighted by Crippen LogP contribution is -2.29. The third-order valence-electron chi connectivity index (χ3n) is 5.29. The maximum atomic E-state index is 13.2. The van der Waals surface area contributed by atoms with Gasteiger partial charge in [0, 0.05) is 37.3 Å². The van der Waals surface area contributed by atoms with E-state index in [4.69, 9.17) is 9.15 Å². The lowest BCUT2D eigenvalue weighted by atomic mass is 10.2. The molecule has 1 aromatic carbocycles. The third kappa shape index (κ3) is 3.66. The van der Waals surface area contributed by atoms with Crippen LogP contribution in [-0.4, -0.2) is 46.4 Å². The molecule has 1 aliphatic heterocycles. The molecule has 0 spiro atoms. The van der Waals surface area contributed by atoms with E-state index in [1.807, 2.05) is 28.8 Å². The van der Waals surface area contributed by atoms with Gasteiger partial charge >= 0.3 is 0 Å². The standard InChI is InChI=1S/C22H19F2N3O3/c23-22(24)5-7-26(13-22)8-9-29-16-3-4-20-17(11-16)19(28)12-21(30-20)18-10-15-2-1-6-27(15)14-25-18/h1-4,6,10-12,14H,5,7-9,13H2. The number of aromatic nitrogens is 2. The molecule has 4 aromatic rings. The summed E-state index contributed by atoms with van der Waals surface area (Å²) < 4.78 is 39.9. The Kier molecular flexibility index (Phi) is 4.51. The van der Waals surface area contributed by atoms with Crippen LogP contribution in [-0.2, 0) is 0 Å². The molecule has 30 heavy (non-hydrogen) atoms. The number of fused-ring (bicyclic) bond motifs is 2. The van der Waals surface area contributed by atoms with Crippen molar-refractivity contribution in [3.05, 3.63) is 65.2 Å². The van der Waals surface area contributed by atoms with Crippen LogP contribution in [0.15, 0.2) is 64.2 Å². The van der Waals surface area contributed by atoms with E-state index in [1.54, 1.807) is 29.4 Å². The van der Waals surface area contributed by atoms with Gasteiger partial charge in [-0.1, -0.05) is 0 Å². The maximum absolute atomic E-state index is 13.2. The molecular weight excluding hydrogens is 392 g/mol. The number of ether oxygens (including phenoxy) is 1. The van der Waals surface area contributed by atoms with Crippen molar-refractivity contribution in [2.45, 2.75) is 12.3 Å². The minimum absolute atomic E-state index is 0.112. The lowest BCUT2D eigenvalue weighted by molar-refractivity contribution is 0.0113. The highest BCUT2D eigenvalue weighted by molar-refractivity contribution is 5.80. The summed E-state index contributed by atoms with van der Waals surface area (Å²) in [5, 5.41) is 0.396. The number of alkyl halides is 2. The second kappa shape index (κ2) is 7.21. The zero-order valence-corrected chi connectivity index (χ0v) is 16.1. The van der Waals surface area contributed by atoms with Gasteiger partial charge in [0.15, 0.2) is 11.2 Å². The van der Waals surface area contributed by atoms with Crippen molar-refractivity contribution < 1.29 is 17.9 Å². The molecule has 5 rings (SSSR count). The predicted octanol–water partition coefficient (Wildman–Crippen LogP) is 3.83. The normalized spacial score (nSPS) is 16.5. The van der Waals surface area contributed by atoms with Gasteiger partial charge < -0.3 is 13.6 Å². The molecule has 0 radical (unpaired) electrons. The van der Waals surface area contributed by atoms with Crippen LogP contribution in [0.25, 0.3) is 27.9 Å². The fraction of sp³-hybridized carbons (Fsp3) is 0.273. The van der Waals surface area contributed by atoms with Crippen LogP contribution in [0.3, 0.4) is 0 Å². The van der Waals surface area contributed by atoms with Crippen LogP contribution in [0, 0.1) is 0 Å². The van der Waals surface area contributed by atoms with E-state index in [0.29, 0.717) is 41.3 Å². The summed E-state index contributed by atoms with van der Waals surface area (Å²) in [4.78, 5) is 18.7. The van der Waals surface area contributed by atoms with Gasteiger partial charge in [-0.15, -0.1) is 0 Å². The highest BCUT2D eigenvalue weighted by Crippen LogP contribution is 2.27. The van der Waals surface area contributed by atoms with Crippen LogP contribution >= 0.6 is 0 Å². The quantitative estimate of drug-likeness (QED) is 0.500. The number of rotatable bonds is 5. The first-order chi connectivity index (χ1) is 14.5. The summed E-state index contributed by atoms with van der Waals surface area (Å²) in [6, 6.07) is 12.1. The van der Waals surface area contributed by atoms with Crippen molar-refractivity contribution >= 4 is 16.5 Å². The summed E-state index contributed by atoms with van der Waals surface area (Å²) in [7, 11) is 0. The Labute approximate surface area is 170 Å². The fourth-order valence-corrected chi connectivity index (χ4v) is 3.71. The van der Waals surface area contributed by atoms with Gasteiger partial charge in [0.2, 0.25) is 0 Å². The van der Waals surface area contributed by atoms with E-state index >= 15 is 0 Å². The molecule has 1 fully saturated rings. The molecular formula is C22H19F2N3O3. The minimum Gasteiger partial charge on any atom is -0.492 e. The first kappa shape index (κ1) is 18.7. The van der Waals surface area contributed by atoms with E-state index in [9.17, 15) is 13.6 Å². The zero-order chi connectivity index (χ0) is 20.7. The van der Waals surface area contributed by atoms with Gasteiger partial charge in [0.1, 0.15) is 23.6 Å². The number of hydrogen-bond donors (Lipinski definition) is 0. The van der Waals surface area contributed by atoms with Crippen LogP contribution < -0.4 is 10.2 Å². The number of nitrogens with zero attached hydrogens (tertiary/aromatic N) is 3. The van der Waals surface area contributed by atoms with Crippen molar-refractivity contribution in [2.75, 3.05) is 26.2 Å². The SMILES string of the molecule is O=c1cc(-c2cc3cccn3cn2)oc2ccc(OCCN3CCC(F)(F)C3)cc12. The minimum atomic E-state index is -2.61. The molecule has 1 saturated heterocycles. The number of benzene rings is 1. The summed E-state index contributed by atoms with van der Waals surface area (Å²) >= 11 is 0. The fourth-order valence-electron chi connectivity index (χ4n) is 3.71. The second-order valence-electron chi connectivity index (χ2n) is 7.48. The van der Waals surface area contributed by atoms with E-state index < -0.39 is 5.92 Å². The van der Waals surface area contributed by atoms with Crippen molar-refractivity contribution in [1.82, 2.24) is 14.3 Å². The first-order valence-electron chi connectivity index (χ1n) is 9.71. The summed E-state index contributed by atoms with van der Waals surface area (Å²) in [6.07, 6.45) is 3.44. The predicted molar refractivity (Wildman–Crippen MR) is 108 cm³/mol. The first-order valence-corrected chi connectivity index (χ1v) is 9.71. The topological polar surface area (TPSA) is 60.0 Å². The van der Waals surface area contributed by atoms with Gasteiger partial charge in [0.05, 0.1) is 18.3 Å². The maximum Gasteiger partial charge on any atom is 0.261 e. The van der Waals surface area contributed by atoms with Gasteiger partial charge in [-0.25, -0.2) is 13.8 Å². The van der Waals surface area contributed by atoms with Crippen molar-refractivity contribution in [2.24, 2.45) is 0 Å². The Bertz CT molecular complexity index is 1280. The summed E-state index contributed by atoms with van der Waals surface area (Å²) in [5.41, 5.74) is 1.75. The third-order valence-corrected chi connectivity index (χ3v) is 5.29. The molecule has 0 atom stereocenters. The Morgan fingerprint density at radius 2 is 2.10 bits per heavy atom. The highest BCUT2D eigenvalue weighted by atomic mass is 19.3. The van der Waals surface area contributed by atoms with Gasteiger partial charge in [-0.05, 0) is 36.4 Å². The summed E-state index contributed by atoms with van der Waals surface area (Å²) in [5.74, 6) is -1.72. The molecule has 154 valence electrons. The van der Waals surface area contributed by atoms with Crippen molar-refractivity contribution in [3.63, 3.8) is 0 Å². The molecule has 8 heteroatoms. The Balaban J connectivity index is 1.34. The molecule has 4 heterocycles. The van der Waals surface area contributed by atoms with Crippen molar-refractivity contribution in [3.8, 4) is 17.2 Å². The van der Waals surface area contributed by atoms with Crippen LogP contribution in [0.2, 0.25) is 0 Å². The van der Waals surface area contributed by atoms with E-state index in [-0.39, 0.29) is 25.0 Å². The van der Waals surface area contributed by atoms with Crippen molar-refractivity contribution in [1.29, 1.82) is 0 Å². The van der Waals surface area contributed by atoms with Gasteiger partial charge in [0.25, 0.3) is 5.92 Å². The van der Waals surface area contributed by atoms with Crippen LogP contribution in [0.4, 0.5) is 8.78 Å². The average molecular weight is 411 g/mol. The van der Waals surface area contributed by atoms with Crippen LogP contribution in [0.5, 0.6) is 5.75 Å². The monoisotopic (exact) mass is 411 g/mol. The molecule has 0 unspecified atom stereocenters. The molecule has 0 bridgehead atoms. The van der Waals surface area contributed by atoms with Gasteiger partial charge in [-0.3, -0.25) is 9.69 Å². The smallest absolute Gasteiger partial charge is 0.261 e. The lowest BCUT2D eigenvalue weighted by Gasteiger charge is -2.15. The highest BCUT2D eigenvalue weighted by Gasteiger charge is 2.37. The van der Waals surface area contributed by atoms with Gasteiger partial charge in [-0.2, -0.15) is 0 Å². The second-order valence-corrected chi connectivity index (χ2v) is 7.48. The zero-order valence-electron chi connectivity index (χ0n) is 16.1. The Morgan fingerprint density at radius 3 is 2.93 bits per heavy atom. The largest absolute Gasteiger partial charge is 0.492 e. The van der Waals surface area contributed by atoms with E-state index in [1.165, 1.54) is 6.07 Å². The number of likely N-dealkylation sites (tertiary alicyclic amines) is 1. The molecule has 0 saturated carbocycles. The van der Waals surface area contributed by atoms with Crippen LogP contribution in [0.1, 0.15) is 6.42 Å².